The van der Waals surface area contributed by atoms with Crippen LogP contribution in [0.25, 0.3) is 0 Å². The molecule has 3 heteroatoms. The SMILES string of the molecule is CCNC(Cc1ccccc1F)CC1CCCCO1. The lowest BCUT2D eigenvalue weighted by Crippen LogP contribution is -2.36. The smallest absolute Gasteiger partial charge is 0.126 e. The van der Waals surface area contributed by atoms with E-state index in [1.165, 1.54) is 18.9 Å². The van der Waals surface area contributed by atoms with Gasteiger partial charge in [-0.15, -0.1) is 0 Å². The highest BCUT2D eigenvalue weighted by molar-refractivity contribution is 5.18. The molecule has 1 fully saturated rings. The highest BCUT2D eigenvalue weighted by atomic mass is 19.1. The molecule has 1 heterocycles. The molecule has 2 unspecified atom stereocenters. The predicted molar refractivity (Wildman–Crippen MR) is 75.8 cm³/mol. The lowest BCUT2D eigenvalue weighted by Gasteiger charge is -2.27. The van der Waals surface area contributed by atoms with E-state index >= 15 is 0 Å². The van der Waals surface area contributed by atoms with E-state index in [1.54, 1.807) is 6.07 Å². The fourth-order valence-electron chi connectivity index (χ4n) is 2.77. The van der Waals surface area contributed by atoms with Gasteiger partial charge in [0.15, 0.2) is 0 Å². The van der Waals surface area contributed by atoms with E-state index in [-0.39, 0.29) is 5.82 Å². The van der Waals surface area contributed by atoms with Crippen molar-refractivity contribution in [2.75, 3.05) is 13.2 Å². The van der Waals surface area contributed by atoms with E-state index in [1.807, 2.05) is 12.1 Å². The van der Waals surface area contributed by atoms with Gasteiger partial charge in [0.2, 0.25) is 0 Å². The number of benzene rings is 1. The van der Waals surface area contributed by atoms with Gasteiger partial charge in [0.25, 0.3) is 0 Å². The zero-order chi connectivity index (χ0) is 13.5. The number of likely N-dealkylation sites (N-methyl/N-ethyl adjacent to an activating group) is 1. The Kier molecular flexibility index (Phi) is 5.80. The Hall–Kier alpha value is -0.930. The molecule has 0 radical (unpaired) electrons. The van der Waals surface area contributed by atoms with E-state index in [0.717, 1.165) is 38.0 Å². The van der Waals surface area contributed by atoms with Gasteiger partial charge >= 0.3 is 0 Å². The first kappa shape index (κ1) is 14.5. The second-order valence-corrected chi connectivity index (χ2v) is 5.27. The fraction of sp³-hybridized carbons (Fsp3) is 0.625. The minimum atomic E-state index is -0.102. The zero-order valence-electron chi connectivity index (χ0n) is 11.7. The number of halogens is 1. The molecular weight excluding hydrogens is 241 g/mol. The summed E-state index contributed by atoms with van der Waals surface area (Å²) in [6.45, 7) is 3.88. The Morgan fingerprint density at radius 3 is 2.89 bits per heavy atom. The zero-order valence-corrected chi connectivity index (χ0v) is 11.7. The molecule has 1 N–H and O–H groups in total. The molecule has 0 bridgehead atoms. The van der Waals surface area contributed by atoms with Crippen LogP contribution in [0.1, 0.15) is 38.2 Å². The van der Waals surface area contributed by atoms with Crippen molar-refractivity contribution in [2.45, 2.75) is 51.2 Å². The van der Waals surface area contributed by atoms with Crippen molar-refractivity contribution < 1.29 is 9.13 Å². The molecule has 0 aromatic heterocycles. The van der Waals surface area contributed by atoms with Crippen molar-refractivity contribution >= 4 is 0 Å². The van der Waals surface area contributed by atoms with Crippen LogP contribution in [0.4, 0.5) is 4.39 Å². The number of nitrogens with one attached hydrogen (secondary N) is 1. The van der Waals surface area contributed by atoms with Gasteiger partial charge in [0.05, 0.1) is 6.10 Å². The minimum Gasteiger partial charge on any atom is -0.378 e. The Bertz CT molecular complexity index is 377. The van der Waals surface area contributed by atoms with Crippen molar-refractivity contribution in [1.29, 1.82) is 0 Å². The largest absolute Gasteiger partial charge is 0.378 e. The average Bonchev–Trinajstić information content (AvgIpc) is 2.43. The van der Waals surface area contributed by atoms with Crippen molar-refractivity contribution in [2.24, 2.45) is 0 Å². The molecule has 0 spiro atoms. The normalized spacial score (nSPS) is 21.3. The summed E-state index contributed by atoms with van der Waals surface area (Å²) in [4.78, 5) is 0. The van der Waals surface area contributed by atoms with E-state index in [9.17, 15) is 4.39 Å². The fourth-order valence-corrected chi connectivity index (χ4v) is 2.77. The summed E-state index contributed by atoms with van der Waals surface area (Å²) in [7, 11) is 0. The molecule has 0 amide bonds. The topological polar surface area (TPSA) is 21.3 Å². The van der Waals surface area contributed by atoms with Crippen LogP contribution < -0.4 is 5.32 Å². The number of rotatable bonds is 6. The molecule has 1 aromatic carbocycles. The maximum absolute atomic E-state index is 13.7. The first-order valence-corrected chi connectivity index (χ1v) is 7.38. The second kappa shape index (κ2) is 7.61. The number of hydrogen-bond donors (Lipinski definition) is 1. The number of ether oxygens (including phenoxy) is 1. The van der Waals surface area contributed by atoms with Crippen LogP contribution >= 0.6 is 0 Å². The molecule has 106 valence electrons. The van der Waals surface area contributed by atoms with Crippen LogP contribution in [0.3, 0.4) is 0 Å². The Labute approximate surface area is 115 Å². The van der Waals surface area contributed by atoms with Crippen LogP contribution in [-0.4, -0.2) is 25.3 Å². The van der Waals surface area contributed by atoms with Crippen molar-refractivity contribution in [1.82, 2.24) is 5.32 Å². The first-order chi connectivity index (χ1) is 9.29. The second-order valence-electron chi connectivity index (χ2n) is 5.27. The van der Waals surface area contributed by atoms with Crippen LogP contribution in [0, 0.1) is 5.82 Å². The van der Waals surface area contributed by atoms with Gasteiger partial charge in [0.1, 0.15) is 5.82 Å². The van der Waals surface area contributed by atoms with Gasteiger partial charge in [0, 0.05) is 12.6 Å². The third-order valence-corrected chi connectivity index (χ3v) is 3.74. The Balaban J connectivity index is 1.93. The van der Waals surface area contributed by atoms with Crippen LogP contribution in [0.15, 0.2) is 24.3 Å². The Morgan fingerprint density at radius 1 is 1.37 bits per heavy atom. The third kappa shape index (κ3) is 4.59. The van der Waals surface area contributed by atoms with E-state index < -0.39 is 0 Å². The molecular formula is C16H24FNO. The molecule has 0 aliphatic carbocycles. The Morgan fingerprint density at radius 2 is 2.21 bits per heavy atom. The van der Waals surface area contributed by atoms with E-state index in [0.29, 0.717) is 12.1 Å². The van der Waals surface area contributed by atoms with Gasteiger partial charge in [-0.25, -0.2) is 4.39 Å². The molecule has 19 heavy (non-hydrogen) atoms. The molecule has 1 saturated heterocycles. The summed E-state index contributed by atoms with van der Waals surface area (Å²) < 4.78 is 19.5. The molecule has 2 atom stereocenters. The monoisotopic (exact) mass is 265 g/mol. The molecule has 2 rings (SSSR count). The summed E-state index contributed by atoms with van der Waals surface area (Å²) >= 11 is 0. The number of hydrogen-bond acceptors (Lipinski definition) is 2. The average molecular weight is 265 g/mol. The summed E-state index contributed by atoms with van der Waals surface area (Å²) in [5.74, 6) is -0.102. The van der Waals surface area contributed by atoms with E-state index in [2.05, 4.69) is 12.2 Å². The van der Waals surface area contributed by atoms with Crippen molar-refractivity contribution in [3.05, 3.63) is 35.6 Å². The van der Waals surface area contributed by atoms with Gasteiger partial charge < -0.3 is 10.1 Å². The summed E-state index contributed by atoms with van der Waals surface area (Å²) in [5.41, 5.74) is 0.796. The van der Waals surface area contributed by atoms with Gasteiger partial charge in [-0.1, -0.05) is 25.1 Å². The molecule has 2 nitrogen and oxygen atoms in total. The molecule has 1 aromatic rings. The van der Waals surface area contributed by atoms with Crippen molar-refractivity contribution in [3.8, 4) is 0 Å². The van der Waals surface area contributed by atoms with Crippen LogP contribution in [-0.2, 0) is 11.2 Å². The maximum Gasteiger partial charge on any atom is 0.126 e. The lowest BCUT2D eigenvalue weighted by atomic mass is 9.96. The van der Waals surface area contributed by atoms with Gasteiger partial charge in [-0.2, -0.15) is 0 Å². The standard InChI is InChI=1S/C16H24FNO/c1-2-18-14(12-15-8-5-6-10-19-15)11-13-7-3-4-9-16(13)17/h3-4,7,9,14-15,18H,2,5-6,8,10-12H2,1H3. The van der Waals surface area contributed by atoms with Gasteiger partial charge in [-0.05, 0) is 50.3 Å². The third-order valence-electron chi connectivity index (χ3n) is 3.74. The molecule has 0 saturated carbocycles. The predicted octanol–water partition coefficient (Wildman–Crippen LogP) is 3.31. The van der Waals surface area contributed by atoms with Gasteiger partial charge in [-0.3, -0.25) is 0 Å². The summed E-state index contributed by atoms with van der Waals surface area (Å²) in [5, 5.41) is 3.46. The van der Waals surface area contributed by atoms with Crippen molar-refractivity contribution in [3.63, 3.8) is 0 Å². The maximum atomic E-state index is 13.7. The highest BCUT2D eigenvalue weighted by Gasteiger charge is 2.20. The van der Waals surface area contributed by atoms with E-state index in [4.69, 9.17) is 4.74 Å². The first-order valence-electron chi connectivity index (χ1n) is 7.38. The van der Waals surface area contributed by atoms with Crippen LogP contribution in [0.5, 0.6) is 0 Å². The van der Waals surface area contributed by atoms with Crippen LogP contribution in [0.2, 0.25) is 0 Å². The summed E-state index contributed by atoms with van der Waals surface area (Å²) in [6.07, 6.45) is 5.62. The lowest BCUT2D eigenvalue weighted by molar-refractivity contribution is 0.00530. The molecule has 1 aliphatic heterocycles. The summed E-state index contributed by atoms with van der Waals surface area (Å²) in [6, 6.07) is 7.35. The highest BCUT2D eigenvalue weighted by Crippen LogP contribution is 2.19. The quantitative estimate of drug-likeness (QED) is 0.852. The minimum absolute atomic E-state index is 0.102. The molecule has 1 aliphatic rings.